The Labute approximate surface area is 95.4 Å². The molecule has 0 aromatic carbocycles. The maximum Gasteiger partial charge on any atom is 0.0243 e. The van der Waals surface area contributed by atoms with Crippen LogP contribution in [0, 0.1) is 5.41 Å². The molecule has 15 heavy (non-hydrogen) atoms. The van der Waals surface area contributed by atoms with Crippen molar-refractivity contribution in [2.45, 2.75) is 59.5 Å². The molecule has 0 bridgehead atoms. The largest absolute Gasteiger partial charge is 0.312 e. The highest BCUT2D eigenvalue weighted by Crippen LogP contribution is 2.29. The second-order valence-electron chi connectivity index (χ2n) is 5.80. The molecule has 0 aromatic rings. The molecule has 2 nitrogen and oxygen atoms in total. The Morgan fingerprint density at radius 1 is 1.27 bits per heavy atom. The third kappa shape index (κ3) is 4.12. The van der Waals surface area contributed by atoms with Crippen LogP contribution in [0.1, 0.15) is 47.5 Å². The van der Waals surface area contributed by atoms with Crippen molar-refractivity contribution < 1.29 is 0 Å². The van der Waals surface area contributed by atoms with E-state index in [-0.39, 0.29) is 0 Å². The second kappa shape index (κ2) is 5.31. The Hall–Kier alpha value is -0.0800. The molecule has 2 heteroatoms. The van der Waals surface area contributed by atoms with Gasteiger partial charge in [0.1, 0.15) is 0 Å². The minimum atomic E-state index is 0.359. The minimum Gasteiger partial charge on any atom is -0.312 e. The second-order valence-corrected chi connectivity index (χ2v) is 5.80. The van der Waals surface area contributed by atoms with Crippen LogP contribution in [-0.2, 0) is 0 Å². The zero-order chi connectivity index (χ0) is 11.5. The smallest absolute Gasteiger partial charge is 0.0243 e. The maximum absolute atomic E-state index is 3.63. The Bertz CT molecular complexity index is 179. The van der Waals surface area contributed by atoms with E-state index in [0.29, 0.717) is 11.5 Å². The third-order valence-corrected chi connectivity index (χ3v) is 3.38. The lowest BCUT2D eigenvalue weighted by Crippen LogP contribution is -2.49. The summed E-state index contributed by atoms with van der Waals surface area (Å²) in [5.41, 5.74) is 0.359. The molecule has 0 saturated heterocycles. The summed E-state index contributed by atoms with van der Waals surface area (Å²) in [6, 6.07) is 1.50. The summed E-state index contributed by atoms with van der Waals surface area (Å²) in [4.78, 5) is 2.64. The van der Waals surface area contributed by atoms with Crippen LogP contribution in [0.3, 0.4) is 0 Å². The highest BCUT2D eigenvalue weighted by atomic mass is 15.2. The summed E-state index contributed by atoms with van der Waals surface area (Å²) >= 11 is 0. The van der Waals surface area contributed by atoms with Crippen molar-refractivity contribution in [2.24, 2.45) is 5.41 Å². The highest BCUT2D eigenvalue weighted by molar-refractivity contribution is 4.89. The van der Waals surface area contributed by atoms with E-state index in [4.69, 9.17) is 0 Å². The minimum absolute atomic E-state index is 0.359. The van der Waals surface area contributed by atoms with Crippen molar-refractivity contribution in [3.8, 4) is 0 Å². The Morgan fingerprint density at radius 2 is 1.87 bits per heavy atom. The van der Waals surface area contributed by atoms with Crippen LogP contribution in [0.15, 0.2) is 0 Å². The number of hydrogen-bond acceptors (Lipinski definition) is 2. The number of rotatable bonds is 6. The first-order chi connectivity index (χ1) is 6.99. The van der Waals surface area contributed by atoms with Gasteiger partial charge in [0.15, 0.2) is 0 Å². The fourth-order valence-electron chi connectivity index (χ4n) is 2.10. The molecule has 0 aromatic heterocycles. The van der Waals surface area contributed by atoms with Gasteiger partial charge in [-0.2, -0.15) is 0 Å². The molecule has 0 heterocycles. The van der Waals surface area contributed by atoms with Gasteiger partial charge in [0.05, 0.1) is 0 Å². The maximum atomic E-state index is 3.63. The first kappa shape index (κ1) is 13.0. The first-order valence-electron chi connectivity index (χ1n) is 6.46. The Kier molecular flexibility index (Phi) is 4.60. The highest BCUT2D eigenvalue weighted by Gasteiger charge is 2.32. The molecule has 1 saturated carbocycles. The van der Waals surface area contributed by atoms with E-state index >= 15 is 0 Å². The van der Waals surface area contributed by atoms with Gasteiger partial charge in [-0.05, 0) is 31.3 Å². The monoisotopic (exact) mass is 212 g/mol. The van der Waals surface area contributed by atoms with Crippen LogP contribution in [0.5, 0.6) is 0 Å². The first-order valence-corrected chi connectivity index (χ1v) is 6.46. The van der Waals surface area contributed by atoms with Crippen LogP contribution in [-0.4, -0.2) is 36.6 Å². The zero-order valence-corrected chi connectivity index (χ0v) is 11.1. The molecule has 0 spiro atoms. The summed E-state index contributed by atoms with van der Waals surface area (Å²) in [5.74, 6) is 0. The predicted molar refractivity (Wildman–Crippen MR) is 67.2 cm³/mol. The van der Waals surface area contributed by atoms with Crippen molar-refractivity contribution in [3.63, 3.8) is 0 Å². The molecule has 0 radical (unpaired) electrons. The Morgan fingerprint density at radius 3 is 2.20 bits per heavy atom. The summed E-state index contributed by atoms with van der Waals surface area (Å²) in [6.07, 6.45) is 2.83. The van der Waals surface area contributed by atoms with Gasteiger partial charge >= 0.3 is 0 Å². The lowest BCUT2D eigenvalue weighted by Gasteiger charge is -2.35. The molecule has 1 aliphatic carbocycles. The number of hydrogen-bond donors (Lipinski definition) is 1. The summed E-state index contributed by atoms with van der Waals surface area (Å²) in [7, 11) is 0. The van der Waals surface area contributed by atoms with Gasteiger partial charge < -0.3 is 5.32 Å². The molecule has 0 aliphatic heterocycles. The summed E-state index contributed by atoms with van der Waals surface area (Å²) in [6.45, 7) is 15.0. The molecule has 0 amide bonds. The van der Waals surface area contributed by atoms with E-state index in [2.05, 4.69) is 44.8 Å². The van der Waals surface area contributed by atoms with E-state index in [0.717, 1.165) is 12.6 Å². The van der Waals surface area contributed by atoms with Gasteiger partial charge in [-0.3, -0.25) is 4.90 Å². The van der Waals surface area contributed by atoms with Crippen molar-refractivity contribution in [3.05, 3.63) is 0 Å². The standard InChI is InChI=1S/C13H28N2/c1-6-14-12(13(3,4)5)10-15(7-2)11-8-9-11/h11-12,14H,6-10H2,1-5H3. The summed E-state index contributed by atoms with van der Waals surface area (Å²) in [5, 5.41) is 3.63. The van der Waals surface area contributed by atoms with Gasteiger partial charge in [0.25, 0.3) is 0 Å². The fraction of sp³-hybridized carbons (Fsp3) is 1.00. The van der Waals surface area contributed by atoms with Crippen molar-refractivity contribution >= 4 is 0 Å². The number of nitrogens with one attached hydrogen (secondary N) is 1. The van der Waals surface area contributed by atoms with Crippen LogP contribution >= 0.6 is 0 Å². The van der Waals surface area contributed by atoms with Gasteiger partial charge in [-0.15, -0.1) is 0 Å². The molecular weight excluding hydrogens is 184 g/mol. The molecule has 90 valence electrons. The lowest BCUT2D eigenvalue weighted by molar-refractivity contribution is 0.173. The topological polar surface area (TPSA) is 15.3 Å². The lowest BCUT2D eigenvalue weighted by atomic mass is 9.86. The normalized spacial score (nSPS) is 19.6. The molecule has 1 aliphatic rings. The van der Waals surface area contributed by atoms with Gasteiger partial charge in [0.2, 0.25) is 0 Å². The quantitative estimate of drug-likeness (QED) is 0.728. The average molecular weight is 212 g/mol. The predicted octanol–water partition coefficient (Wildman–Crippen LogP) is 2.49. The van der Waals surface area contributed by atoms with Gasteiger partial charge in [-0.1, -0.05) is 34.6 Å². The third-order valence-electron chi connectivity index (χ3n) is 3.38. The van der Waals surface area contributed by atoms with Gasteiger partial charge in [-0.25, -0.2) is 0 Å². The molecule has 1 N–H and O–H groups in total. The molecule has 1 unspecified atom stereocenters. The summed E-state index contributed by atoms with van der Waals surface area (Å²) < 4.78 is 0. The van der Waals surface area contributed by atoms with E-state index in [1.54, 1.807) is 0 Å². The van der Waals surface area contributed by atoms with E-state index in [1.807, 2.05) is 0 Å². The SMILES string of the molecule is CCNC(CN(CC)C1CC1)C(C)(C)C. The fourth-order valence-corrected chi connectivity index (χ4v) is 2.10. The van der Waals surface area contributed by atoms with E-state index in [9.17, 15) is 0 Å². The number of nitrogens with zero attached hydrogens (tertiary/aromatic N) is 1. The Balaban J connectivity index is 2.48. The van der Waals surface area contributed by atoms with Crippen LogP contribution in [0.4, 0.5) is 0 Å². The van der Waals surface area contributed by atoms with Crippen molar-refractivity contribution in [1.29, 1.82) is 0 Å². The van der Waals surface area contributed by atoms with E-state index in [1.165, 1.54) is 25.9 Å². The molecule has 1 fully saturated rings. The molecule has 1 rings (SSSR count). The van der Waals surface area contributed by atoms with Crippen LogP contribution in [0.2, 0.25) is 0 Å². The van der Waals surface area contributed by atoms with Crippen molar-refractivity contribution in [1.82, 2.24) is 10.2 Å². The van der Waals surface area contributed by atoms with Crippen LogP contribution < -0.4 is 5.32 Å². The zero-order valence-electron chi connectivity index (χ0n) is 11.1. The average Bonchev–Trinajstić information content (AvgIpc) is 2.93. The van der Waals surface area contributed by atoms with Crippen LogP contribution in [0.25, 0.3) is 0 Å². The number of likely N-dealkylation sites (N-methyl/N-ethyl adjacent to an activating group) is 2. The molecule has 1 atom stereocenters. The molecular formula is C13H28N2. The van der Waals surface area contributed by atoms with E-state index < -0.39 is 0 Å². The van der Waals surface area contributed by atoms with Gasteiger partial charge in [0, 0.05) is 18.6 Å². The van der Waals surface area contributed by atoms with Crippen molar-refractivity contribution in [2.75, 3.05) is 19.6 Å².